The molecule has 0 unspecified atom stereocenters. The van der Waals surface area contributed by atoms with Crippen molar-refractivity contribution in [2.45, 2.75) is 25.9 Å². The number of nitrogens with zero attached hydrogens (tertiary/aromatic N) is 4. The van der Waals surface area contributed by atoms with Crippen molar-refractivity contribution < 1.29 is 9.21 Å². The highest BCUT2D eigenvalue weighted by atomic mass is 16.3. The van der Waals surface area contributed by atoms with E-state index < -0.39 is 0 Å². The van der Waals surface area contributed by atoms with Crippen molar-refractivity contribution in [1.82, 2.24) is 19.7 Å². The molecule has 0 saturated carbocycles. The van der Waals surface area contributed by atoms with Crippen LogP contribution in [0.2, 0.25) is 0 Å². The molecule has 0 saturated heterocycles. The van der Waals surface area contributed by atoms with Crippen LogP contribution in [0.4, 0.5) is 0 Å². The standard InChI is InChI=1S/C12H16N4O2/c1-15(7-11-4-6-18-8-11)12(17)3-2-5-16-10-13-9-14-16/h4,6,8-10H,2-3,5,7H2,1H3. The Bertz CT molecular complexity index is 464. The third kappa shape index (κ3) is 3.44. The summed E-state index contributed by atoms with van der Waals surface area (Å²) >= 11 is 0. The van der Waals surface area contributed by atoms with E-state index in [0.717, 1.165) is 12.0 Å². The Morgan fingerprint density at radius 3 is 3.11 bits per heavy atom. The normalized spacial score (nSPS) is 10.5. The minimum absolute atomic E-state index is 0.122. The Morgan fingerprint density at radius 1 is 1.56 bits per heavy atom. The van der Waals surface area contributed by atoms with Gasteiger partial charge in [-0.3, -0.25) is 9.48 Å². The number of carbonyl (C=O) groups is 1. The molecule has 6 nitrogen and oxygen atoms in total. The van der Waals surface area contributed by atoms with E-state index in [1.165, 1.54) is 6.33 Å². The minimum atomic E-state index is 0.122. The summed E-state index contributed by atoms with van der Waals surface area (Å²) in [5, 5.41) is 3.99. The van der Waals surface area contributed by atoms with Gasteiger partial charge in [-0.1, -0.05) is 0 Å². The van der Waals surface area contributed by atoms with Crippen molar-refractivity contribution >= 4 is 5.91 Å². The highest BCUT2D eigenvalue weighted by molar-refractivity contribution is 5.75. The Morgan fingerprint density at radius 2 is 2.44 bits per heavy atom. The van der Waals surface area contributed by atoms with Gasteiger partial charge >= 0.3 is 0 Å². The lowest BCUT2D eigenvalue weighted by atomic mass is 10.2. The van der Waals surface area contributed by atoms with Crippen LogP contribution in [0.1, 0.15) is 18.4 Å². The molecule has 0 bridgehead atoms. The number of rotatable bonds is 6. The molecular formula is C12H16N4O2. The van der Waals surface area contributed by atoms with E-state index in [-0.39, 0.29) is 5.91 Å². The SMILES string of the molecule is CN(Cc1ccoc1)C(=O)CCCn1cncn1. The smallest absolute Gasteiger partial charge is 0.222 e. The van der Waals surface area contributed by atoms with Crippen LogP contribution in [0.15, 0.2) is 35.7 Å². The molecule has 2 heterocycles. The van der Waals surface area contributed by atoms with Crippen molar-refractivity contribution in [3.63, 3.8) is 0 Å². The van der Waals surface area contributed by atoms with Crippen molar-refractivity contribution in [3.8, 4) is 0 Å². The highest BCUT2D eigenvalue weighted by Gasteiger charge is 2.09. The second-order valence-electron chi connectivity index (χ2n) is 4.14. The molecule has 0 N–H and O–H groups in total. The van der Waals surface area contributed by atoms with Gasteiger partial charge < -0.3 is 9.32 Å². The van der Waals surface area contributed by atoms with Crippen LogP contribution in [0.3, 0.4) is 0 Å². The summed E-state index contributed by atoms with van der Waals surface area (Å²) in [4.78, 5) is 17.4. The molecule has 0 aliphatic carbocycles. The van der Waals surface area contributed by atoms with Gasteiger partial charge in [0.15, 0.2) is 0 Å². The van der Waals surface area contributed by atoms with E-state index in [2.05, 4.69) is 10.1 Å². The average Bonchev–Trinajstić information content (AvgIpc) is 3.01. The summed E-state index contributed by atoms with van der Waals surface area (Å²) in [5.74, 6) is 0.122. The Labute approximate surface area is 105 Å². The molecule has 18 heavy (non-hydrogen) atoms. The maximum absolute atomic E-state index is 11.8. The average molecular weight is 248 g/mol. The molecule has 0 spiro atoms. The fourth-order valence-corrected chi connectivity index (χ4v) is 1.68. The van der Waals surface area contributed by atoms with Crippen molar-refractivity contribution in [2.24, 2.45) is 0 Å². The van der Waals surface area contributed by atoms with Gasteiger partial charge in [0, 0.05) is 32.1 Å². The number of aromatic nitrogens is 3. The second kappa shape index (κ2) is 6.00. The molecule has 2 rings (SSSR count). The van der Waals surface area contributed by atoms with E-state index in [4.69, 9.17) is 4.42 Å². The molecule has 0 fully saturated rings. The summed E-state index contributed by atoms with van der Waals surface area (Å²) in [5.41, 5.74) is 1.00. The summed E-state index contributed by atoms with van der Waals surface area (Å²) in [6.07, 6.45) is 7.68. The van der Waals surface area contributed by atoms with Gasteiger partial charge in [-0.05, 0) is 12.5 Å². The molecule has 2 aromatic heterocycles. The van der Waals surface area contributed by atoms with E-state index >= 15 is 0 Å². The zero-order valence-electron chi connectivity index (χ0n) is 10.3. The molecule has 0 aromatic carbocycles. The molecule has 96 valence electrons. The maximum Gasteiger partial charge on any atom is 0.222 e. The van der Waals surface area contributed by atoms with Gasteiger partial charge in [0.05, 0.1) is 12.5 Å². The molecule has 2 aromatic rings. The van der Waals surface area contributed by atoms with E-state index in [1.807, 2.05) is 6.07 Å². The molecular weight excluding hydrogens is 232 g/mol. The lowest BCUT2D eigenvalue weighted by Crippen LogP contribution is -2.26. The molecule has 0 aliphatic rings. The van der Waals surface area contributed by atoms with Crippen LogP contribution in [-0.2, 0) is 17.9 Å². The quantitative estimate of drug-likeness (QED) is 0.773. The molecule has 6 heteroatoms. The van der Waals surface area contributed by atoms with Gasteiger partial charge in [-0.25, -0.2) is 4.98 Å². The van der Waals surface area contributed by atoms with Crippen LogP contribution in [0.25, 0.3) is 0 Å². The van der Waals surface area contributed by atoms with Crippen LogP contribution in [-0.4, -0.2) is 32.6 Å². The molecule has 0 atom stereocenters. The number of aryl methyl sites for hydroxylation is 1. The van der Waals surface area contributed by atoms with E-state index in [0.29, 0.717) is 19.5 Å². The largest absolute Gasteiger partial charge is 0.472 e. The lowest BCUT2D eigenvalue weighted by Gasteiger charge is -2.15. The minimum Gasteiger partial charge on any atom is -0.472 e. The first-order chi connectivity index (χ1) is 8.75. The number of amides is 1. The Balaban J connectivity index is 1.70. The predicted octanol–water partition coefficient (Wildman–Crippen LogP) is 1.31. The fourth-order valence-electron chi connectivity index (χ4n) is 1.68. The highest BCUT2D eigenvalue weighted by Crippen LogP contribution is 2.06. The topological polar surface area (TPSA) is 64.2 Å². The zero-order valence-corrected chi connectivity index (χ0v) is 10.3. The summed E-state index contributed by atoms with van der Waals surface area (Å²) < 4.78 is 6.69. The first-order valence-electron chi connectivity index (χ1n) is 5.83. The summed E-state index contributed by atoms with van der Waals surface area (Å²) in [6.45, 7) is 1.30. The fraction of sp³-hybridized carbons (Fsp3) is 0.417. The number of furan rings is 1. The summed E-state index contributed by atoms with van der Waals surface area (Å²) in [7, 11) is 1.80. The van der Waals surface area contributed by atoms with Gasteiger partial charge in [0.1, 0.15) is 12.7 Å². The number of carbonyl (C=O) groups excluding carboxylic acids is 1. The monoisotopic (exact) mass is 248 g/mol. The van der Waals surface area contributed by atoms with Gasteiger partial charge in [-0.2, -0.15) is 5.10 Å². The first kappa shape index (κ1) is 12.3. The van der Waals surface area contributed by atoms with Crippen LogP contribution < -0.4 is 0 Å². The van der Waals surface area contributed by atoms with Crippen LogP contribution in [0, 0.1) is 0 Å². The van der Waals surface area contributed by atoms with Crippen LogP contribution >= 0.6 is 0 Å². The van der Waals surface area contributed by atoms with E-state index in [9.17, 15) is 4.79 Å². The Hall–Kier alpha value is -2.11. The molecule has 0 radical (unpaired) electrons. The van der Waals surface area contributed by atoms with Gasteiger partial charge in [0.25, 0.3) is 0 Å². The van der Waals surface area contributed by atoms with Crippen molar-refractivity contribution in [1.29, 1.82) is 0 Å². The second-order valence-corrected chi connectivity index (χ2v) is 4.14. The predicted molar refractivity (Wildman–Crippen MR) is 64.4 cm³/mol. The first-order valence-corrected chi connectivity index (χ1v) is 5.83. The van der Waals surface area contributed by atoms with Gasteiger partial charge in [0.2, 0.25) is 5.91 Å². The third-order valence-corrected chi connectivity index (χ3v) is 2.67. The van der Waals surface area contributed by atoms with Gasteiger partial charge in [-0.15, -0.1) is 0 Å². The van der Waals surface area contributed by atoms with Crippen LogP contribution in [0.5, 0.6) is 0 Å². The molecule has 0 aliphatic heterocycles. The van der Waals surface area contributed by atoms with E-state index in [1.54, 1.807) is 35.5 Å². The number of hydrogen-bond acceptors (Lipinski definition) is 4. The lowest BCUT2D eigenvalue weighted by molar-refractivity contribution is -0.130. The molecule has 1 amide bonds. The number of hydrogen-bond donors (Lipinski definition) is 0. The van der Waals surface area contributed by atoms with Crippen molar-refractivity contribution in [2.75, 3.05) is 7.05 Å². The Kier molecular flexibility index (Phi) is 4.11. The summed E-state index contributed by atoms with van der Waals surface area (Å²) in [6, 6.07) is 1.86. The maximum atomic E-state index is 11.8. The zero-order chi connectivity index (χ0) is 12.8. The van der Waals surface area contributed by atoms with Crippen molar-refractivity contribution in [3.05, 3.63) is 36.8 Å². The third-order valence-electron chi connectivity index (χ3n) is 2.67.